The predicted molar refractivity (Wildman–Crippen MR) is 111 cm³/mol. The van der Waals surface area contributed by atoms with Crippen LogP contribution in [0.25, 0.3) is 0 Å². The number of carbonyl (C=O) groups is 2. The van der Waals surface area contributed by atoms with E-state index in [4.69, 9.17) is 0 Å². The van der Waals surface area contributed by atoms with Crippen LogP contribution in [-0.2, 0) is 9.59 Å². The summed E-state index contributed by atoms with van der Waals surface area (Å²) in [6, 6.07) is 9.56. The third kappa shape index (κ3) is 6.46. The van der Waals surface area contributed by atoms with Gasteiger partial charge >= 0.3 is 6.61 Å². The summed E-state index contributed by atoms with van der Waals surface area (Å²) in [4.78, 5) is 30.8. The summed E-state index contributed by atoms with van der Waals surface area (Å²) in [5, 5.41) is 5.41. The van der Waals surface area contributed by atoms with Crippen LogP contribution in [0, 0.1) is 5.92 Å². The normalized spacial score (nSPS) is 15.1. The zero-order valence-corrected chi connectivity index (χ0v) is 17.6. The molecular weight excluding hydrogens is 462 g/mol. The lowest BCUT2D eigenvalue weighted by atomic mass is 9.96. The van der Waals surface area contributed by atoms with E-state index in [0.717, 1.165) is 4.47 Å². The van der Waals surface area contributed by atoms with E-state index in [9.17, 15) is 18.4 Å². The third-order valence-electron chi connectivity index (χ3n) is 4.68. The van der Waals surface area contributed by atoms with E-state index in [1.165, 1.54) is 12.1 Å². The molecule has 7 nitrogen and oxygen atoms in total. The number of nitrogens with one attached hydrogen (secondary N) is 2. The number of hydrogen-bond acceptors (Lipinski definition) is 5. The molecule has 10 heteroatoms. The van der Waals surface area contributed by atoms with E-state index in [1.54, 1.807) is 30.5 Å². The van der Waals surface area contributed by atoms with Crippen molar-refractivity contribution in [2.75, 3.05) is 30.3 Å². The number of pyridine rings is 1. The van der Waals surface area contributed by atoms with Crippen molar-refractivity contribution in [3.8, 4) is 5.75 Å². The molecule has 2 heterocycles. The number of ether oxygens (including phenoxy) is 1. The Labute approximate surface area is 180 Å². The van der Waals surface area contributed by atoms with E-state index >= 15 is 0 Å². The maximum absolute atomic E-state index is 12.5. The zero-order chi connectivity index (χ0) is 21.5. The molecule has 0 spiro atoms. The molecule has 0 aliphatic carbocycles. The molecule has 0 radical (unpaired) electrons. The minimum absolute atomic E-state index is 0.0854. The fraction of sp³-hybridized carbons (Fsp3) is 0.350. The Morgan fingerprint density at radius 1 is 1.17 bits per heavy atom. The highest BCUT2D eigenvalue weighted by Crippen LogP contribution is 2.26. The van der Waals surface area contributed by atoms with Crippen LogP contribution in [0.4, 0.5) is 20.3 Å². The molecule has 1 fully saturated rings. The number of nitrogens with zero attached hydrogens (tertiary/aromatic N) is 2. The van der Waals surface area contributed by atoms with Crippen LogP contribution in [0.1, 0.15) is 12.8 Å². The number of amides is 2. The van der Waals surface area contributed by atoms with Gasteiger partial charge in [-0.15, -0.1) is 0 Å². The number of rotatable bonds is 7. The summed E-state index contributed by atoms with van der Waals surface area (Å²) in [6.07, 6.45) is 2.84. The van der Waals surface area contributed by atoms with Gasteiger partial charge in [0.25, 0.3) is 0 Å². The molecule has 2 aromatic rings. The van der Waals surface area contributed by atoms with Gasteiger partial charge in [-0.3, -0.25) is 14.5 Å². The van der Waals surface area contributed by atoms with Gasteiger partial charge in [0.1, 0.15) is 11.6 Å². The van der Waals surface area contributed by atoms with Gasteiger partial charge < -0.3 is 15.4 Å². The fourth-order valence-corrected chi connectivity index (χ4v) is 3.43. The summed E-state index contributed by atoms with van der Waals surface area (Å²) < 4.78 is 30.2. The summed E-state index contributed by atoms with van der Waals surface area (Å²) in [7, 11) is 0. The van der Waals surface area contributed by atoms with Crippen molar-refractivity contribution in [3.63, 3.8) is 0 Å². The molecule has 0 atom stereocenters. The van der Waals surface area contributed by atoms with Gasteiger partial charge in [-0.2, -0.15) is 8.78 Å². The molecule has 1 aliphatic rings. The number of piperidine rings is 1. The lowest BCUT2D eigenvalue weighted by molar-refractivity contribution is -0.121. The summed E-state index contributed by atoms with van der Waals surface area (Å²) >= 11 is 3.30. The highest BCUT2D eigenvalue weighted by atomic mass is 79.9. The van der Waals surface area contributed by atoms with Crippen LogP contribution in [0.2, 0.25) is 0 Å². The molecule has 1 saturated heterocycles. The molecule has 1 aromatic heterocycles. The highest BCUT2D eigenvalue weighted by Gasteiger charge is 2.26. The Balaban J connectivity index is 1.46. The van der Waals surface area contributed by atoms with Crippen molar-refractivity contribution in [1.29, 1.82) is 0 Å². The van der Waals surface area contributed by atoms with Gasteiger partial charge in [0.05, 0.1) is 12.2 Å². The number of carbonyl (C=O) groups excluding carboxylic acids is 2. The number of benzene rings is 1. The predicted octanol–water partition coefficient (Wildman–Crippen LogP) is 3.73. The Kier molecular flexibility index (Phi) is 7.69. The first-order chi connectivity index (χ1) is 14.4. The summed E-state index contributed by atoms with van der Waals surface area (Å²) in [6.45, 7) is -1.71. The standard InChI is InChI=1S/C20H21BrF2N4O3/c21-14-5-6-17(24-11-14)26-19(29)13-7-9-27(10-8-13)12-18(28)25-15-3-1-2-4-16(15)30-20(22)23/h1-6,11,13,20H,7-10,12H2,(H,25,28)(H,24,26,29). The second-order valence-corrected chi connectivity index (χ2v) is 7.74. The number of halogens is 3. The largest absolute Gasteiger partial charge is 0.433 e. The number of aromatic nitrogens is 1. The van der Waals surface area contributed by atoms with E-state index in [1.807, 2.05) is 4.90 Å². The number of hydrogen-bond donors (Lipinski definition) is 2. The van der Waals surface area contributed by atoms with Crippen molar-refractivity contribution < 1.29 is 23.1 Å². The van der Waals surface area contributed by atoms with Crippen LogP contribution in [0.3, 0.4) is 0 Å². The Hall–Kier alpha value is -2.59. The maximum Gasteiger partial charge on any atom is 0.387 e. The molecule has 30 heavy (non-hydrogen) atoms. The molecule has 1 aromatic carbocycles. The Bertz CT molecular complexity index is 875. The third-order valence-corrected chi connectivity index (χ3v) is 5.15. The molecule has 0 bridgehead atoms. The second-order valence-electron chi connectivity index (χ2n) is 6.82. The van der Waals surface area contributed by atoms with Gasteiger partial charge in [-0.05, 0) is 66.1 Å². The molecule has 0 unspecified atom stereocenters. The quantitative estimate of drug-likeness (QED) is 0.627. The number of likely N-dealkylation sites (tertiary alicyclic amines) is 1. The maximum atomic E-state index is 12.5. The first kappa shape index (κ1) is 22.1. The monoisotopic (exact) mass is 482 g/mol. The molecule has 2 amide bonds. The minimum atomic E-state index is -2.97. The van der Waals surface area contributed by atoms with E-state index < -0.39 is 6.61 Å². The smallest absolute Gasteiger partial charge is 0.387 e. The summed E-state index contributed by atoms with van der Waals surface area (Å²) in [5.41, 5.74) is 0.194. The number of para-hydroxylation sites is 2. The van der Waals surface area contributed by atoms with Gasteiger partial charge in [-0.25, -0.2) is 4.98 Å². The molecule has 0 saturated carbocycles. The Morgan fingerprint density at radius 3 is 2.57 bits per heavy atom. The Morgan fingerprint density at radius 2 is 1.90 bits per heavy atom. The first-order valence-corrected chi connectivity index (χ1v) is 10.2. The highest BCUT2D eigenvalue weighted by molar-refractivity contribution is 9.10. The SMILES string of the molecule is O=C(CN1CCC(C(=O)Nc2ccc(Br)cn2)CC1)Nc1ccccc1OC(F)F. The van der Waals surface area contributed by atoms with Crippen molar-refractivity contribution in [3.05, 3.63) is 47.1 Å². The van der Waals surface area contributed by atoms with E-state index in [0.29, 0.717) is 31.7 Å². The van der Waals surface area contributed by atoms with E-state index in [-0.39, 0.29) is 35.7 Å². The van der Waals surface area contributed by atoms with Crippen molar-refractivity contribution in [2.45, 2.75) is 19.5 Å². The molecule has 160 valence electrons. The van der Waals surface area contributed by atoms with Crippen molar-refractivity contribution in [2.24, 2.45) is 5.92 Å². The van der Waals surface area contributed by atoms with Crippen LogP contribution in [0.5, 0.6) is 5.75 Å². The zero-order valence-electron chi connectivity index (χ0n) is 16.0. The van der Waals surface area contributed by atoms with Crippen LogP contribution >= 0.6 is 15.9 Å². The average molecular weight is 483 g/mol. The topological polar surface area (TPSA) is 83.6 Å². The second kappa shape index (κ2) is 10.4. The number of anilines is 2. The minimum Gasteiger partial charge on any atom is -0.433 e. The molecule has 1 aliphatic heterocycles. The number of alkyl halides is 2. The first-order valence-electron chi connectivity index (χ1n) is 9.39. The van der Waals surface area contributed by atoms with Gasteiger partial charge in [0, 0.05) is 16.6 Å². The van der Waals surface area contributed by atoms with Gasteiger partial charge in [0.2, 0.25) is 11.8 Å². The van der Waals surface area contributed by atoms with Crippen molar-refractivity contribution >= 4 is 39.2 Å². The molecular formula is C20H21BrF2N4O3. The lowest BCUT2D eigenvalue weighted by Gasteiger charge is -2.30. The van der Waals surface area contributed by atoms with Gasteiger partial charge in [-0.1, -0.05) is 12.1 Å². The summed E-state index contributed by atoms with van der Waals surface area (Å²) in [5.74, 6) is -0.170. The van der Waals surface area contributed by atoms with Crippen LogP contribution in [0.15, 0.2) is 47.1 Å². The molecule has 2 N–H and O–H groups in total. The van der Waals surface area contributed by atoms with Gasteiger partial charge in [0.15, 0.2) is 0 Å². The average Bonchev–Trinajstić information content (AvgIpc) is 2.71. The lowest BCUT2D eigenvalue weighted by Crippen LogP contribution is -2.41. The van der Waals surface area contributed by atoms with Crippen molar-refractivity contribution in [1.82, 2.24) is 9.88 Å². The van der Waals surface area contributed by atoms with E-state index in [2.05, 4.69) is 36.3 Å². The fourth-order valence-electron chi connectivity index (χ4n) is 3.19. The molecule has 3 rings (SSSR count). The van der Waals surface area contributed by atoms with Crippen LogP contribution in [-0.4, -0.2) is 47.9 Å². The van der Waals surface area contributed by atoms with Crippen LogP contribution < -0.4 is 15.4 Å².